The van der Waals surface area contributed by atoms with Gasteiger partial charge in [0.15, 0.2) is 0 Å². The third kappa shape index (κ3) is 5.96. The van der Waals surface area contributed by atoms with E-state index in [0.29, 0.717) is 0 Å². The van der Waals surface area contributed by atoms with Gasteiger partial charge >= 0.3 is 0 Å². The molecule has 2 nitrogen and oxygen atoms in total. The maximum Gasteiger partial charge on any atom is 0.0541 e. The van der Waals surface area contributed by atoms with E-state index in [1.807, 2.05) is 0 Å². The summed E-state index contributed by atoms with van der Waals surface area (Å²) in [5.74, 6) is 0. The number of rotatable bonds is 8. The van der Waals surface area contributed by atoms with Crippen LogP contribution < -0.4 is 0 Å². The first-order chi connectivity index (χ1) is 31.3. The first kappa shape index (κ1) is 37.0. The Morgan fingerprint density at radius 1 is 0.254 bits per heavy atom. The fourth-order valence-electron chi connectivity index (χ4n) is 9.88. The molecule has 0 N–H and O–H groups in total. The first-order valence-electron chi connectivity index (χ1n) is 21.6. The van der Waals surface area contributed by atoms with Crippen molar-refractivity contribution in [3.8, 4) is 33.6 Å². The number of benzene rings is 10. The molecule has 2 aromatic heterocycles. The third-order valence-corrected chi connectivity index (χ3v) is 16.5. The smallest absolute Gasteiger partial charge is 0.0541 e. The van der Waals surface area contributed by atoms with Gasteiger partial charge in [0.05, 0.1) is 27.8 Å². The average molecular weight is 823 g/mol. The Kier molecular flexibility index (Phi) is 8.95. The summed E-state index contributed by atoms with van der Waals surface area (Å²) < 4.78 is 4.90. The molecule has 0 aliphatic rings. The van der Waals surface area contributed by atoms with Gasteiger partial charge in [-0.1, -0.05) is 158 Å². The molecule has 0 aliphatic heterocycles. The summed E-state index contributed by atoms with van der Waals surface area (Å²) in [6, 6.07) is 93.8. The van der Waals surface area contributed by atoms with Gasteiger partial charge in [-0.2, -0.15) is 0 Å². The normalized spacial score (nSPS) is 12.1. The van der Waals surface area contributed by atoms with Gasteiger partial charge in [0, 0.05) is 52.4 Å². The maximum atomic E-state index is 2.46. The molecule has 0 radical (unpaired) electrons. The average Bonchev–Trinajstić information content (AvgIpc) is 3.88. The monoisotopic (exact) mass is 822 g/mol. The van der Waals surface area contributed by atoms with Crippen molar-refractivity contribution in [2.24, 2.45) is 0 Å². The Labute approximate surface area is 368 Å². The van der Waals surface area contributed by atoms with Crippen LogP contribution in [-0.2, 0) is 0 Å². The van der Waals surface area contributed by atoms with Crippen LogP contribution in [0.15, 0.2) is 274 Å². The van der Waals surface area contributed by atoms with E-state index >= 15 is 0 Å². The second kappa shape index (κ2) is 15.3. The van der Waals surface area contributed by atoms with Crippen molar-refractivity contribution in [3.05, 3.63) is 255 Å². The number of nitrogens with zero attached hydrogens (tertiary/aromatic N) is 2. The molecule has 2 heterocycles. The summed E-state index contributed by atoms with van der Waals surface area (Å²) in [7, 11) is -1.86. The summed E-state index contributed by atoms with van der Waals surface area (Å²) in [6.07, 6.45) is 0. The van der Waals surface area contributed by atoms with Gasteiger partial charge in [-0.3, -0.25) is 0 Å². The predicted molar refractivity (Wildman–Crippen MR) is 266 cm³/mol. The highest BCUT2D eigenvalue weighted by Crippen LogP contribution is 2.73. The van der Waals surface area contributed by atoms with E-state index in [-0.39, 0.29) is 0 Å². The second-order valence-corrected chi connectivity index (χ2v) is 19.2. The maximum absolute atomic E-state index is 2.46. The van der Waals surface area contributed by atoms with Gasteiger partial charge in [-0.05, 0) is 114 Å². The quantitative estimate of drug-likeness (QED) is 0.144. The van der Waals surface area contributed by atoms with Crippen molar-refractivity contribution >= 4 is 53.6 Å². The first-order valence-corrected chi connectivity index (χ1v) is 23.2. The Morgan fingerprint density at radius 2 is 0.683 bits per heavy atom. The zero-order valence-corrected chi connectivity index (χ0v) is 35.4. The molecule has 298 valence electrons. The lowest BCUT2D eigenvalue weighted by Crippen LogP contribution is -2.06. The van der Waals surface area contributed by atoms with Crippen molar-refractivity contribution in [2.45, 2.75) is 19.6 Å². The molecule has 0 fully saturated rings. The number of hydrogen-bond acceptors (Lipinski definition) is 0. The van der Waals surface area contributed by atoms with Crippen LogP contribution in [-0.4, -0.2) is 9.13 Å². The second-order valence-electron chi connectivity index (χ2n) is 16.1. The van der Waals surface area contributed by atoms with Gasteiger partial charge in [0.25, 0.3) is 0 Å². The molecule has 12 rings (SSSR count). The Bertz CT molecular complexity index is 3510. The minimum atomic E-state index is -1.86. The molecule has 0 atom stereocenters. The summed E-state index contributed by atoms with van der Waals surface area (Å²) >= 11 is 0. The van der Waals surface area contributed by atoms with Crippen molar-refractivity contribution in [1.29, 1.82) is 0 Å². The summed E-state index contributed by atoms with van der Waals surface area (Å²) in [4.78, 5) is 5.23. The molecule has 0 bridgehead atoms. The van der Waals surface area contributed by atoms with Crippen molar-refractivity contribution < 1.29 is 0 Å². The Hall–Kier alpha value is -7.85. The number of aromatic nitrogens is 2. The highest BCUT2D eigenvalue weighted by atomic mass is 32.3. The topological polar surface area (TPSA) is 9.86 Å². The Morgan fingerprint density at radius 3 is 1.25 bits per heavy atom. The summed E-state index contributed by atoms with van der Waals surface area (Å²) in [5.41, 5.74) is 11.9. The lowest BCUT2D eigenvalue weighted by Gasteiger charge is -2.42. The molecule has 0 aliphatic carbocycles. The van der Waals surface area contributed by atoms with Crippen molar-refractivity contribution in [1.82, 2.24) is 9.13 Å². The number of hydrogen-bond donors (Lipinski definition) is 0. The number of para-hydroxylation sites is 3. The lowest BCUT2D eigenvalue weighted by molar-refractivity contribution is 1.15. The van der Waals surface area contributed by atoms with Crippen molar-refractivity contribution in [3.63, 3.8) is 0 Å². The highest BCUT2D eigenvalue weighted by Gasteiger charge is 2.33. The molecule has 0 amide bonds. The molecule has 0 saturated heterocycles. The molecule has 3 heteroatoms. The fourth-order valence-corrected chi connectivity index (χ4v) is 13.8. The van der Waals surface area contributed by atoms with E-state index < -0.39 is 10.0 Å². The molecular weight excluding hydrogens is 781 g/mol. The third-order valence-electron chi connectivity index (χ3n) is 12.6. The van der Waals surface area contributed by atoms with Gasteiger partial charge in [-0.15, -0.1) is 10.0 Å². The van der Waals surface area contributed by atoms with Gasteiger partial charge < -0.3 is 9.13 Å². The molecule has 0 saturated carbocycles. The van der Waals surface area contributed by atoms with Gasteiger partial charge in [0.1, 0.15) is 0 Å². The van der Waals surface area contributed by atoms with Crippen LogP contribution >= 0.6 is 10.0 Å². The minimum absolute atomic E-state index is 1.15. The van der Waals surface area contributed by atoms with Crippen LogP contribution in [0.4, 0.5) is 0 Å². The van der Waals surface area contributed by atoms with Crippen LogP contribution in [0.5, 0.6) is 0 Å². The Balaban J connectivity index is 1.03. The molecule has 12 aromatic rings. The van der Waals surface area contributed by atoms with Crippen LogP contribution in [0.2, 0.25) is 0 Å². The van der Waals surface area contributed by atoms with Gasteiger partial charge in [0.2, 0.25) is 0 Å². The minimum Gasteiger partial charge on any atom is -0.309 e. The van der Waals surface area contributed by atoms with Crippen LogP contribution in [0.3, 0.4) is 0 Å². The molecule has 0 unspecified atom stereocenters. The fraction of sp³-hybridized carbons (Fsp3) is 0. The van der Waals surface area contributed by atoms with E-state index in [9.17, 15) is 0 Å². The van der Waals surface area contributed by atoms with E-state index in [1.54, 1.807) is 0 Å². The van der Waals surface area contributed by atoms with E-state index in [2.05, 4.69) is 264 Å². The molecular formula is C60H42N2S. The zero-order valence-electron chi connectivity index (χ0n) is 34.6. The summed E-state index contributed by atoms with van der Waals surface area (Å²) in [5, 5.41) is 4.96. The summed E-state index contributed by atoms with van der Waals surface area (Å²) in [6.45, 7) is 0. The molecule has 63 heavy (non-hydrogen) atoms. The zero-order chi connectivity index (χ0) is 41.7. The largest absolute Gasteiger partial charge is 0.309 e. The lowest BCUT2D eigenvalue weighted by atomic mass is 10.0. The number of fused-ring (bicyclic) bond motifs is 6. The van der Waals surface area contributed by atoms with E-state index in [1.165, 1.54) is 91.1 Å². The standard InChI is InChI=1S/C60H42N2S/c1-5-20-43(21-6-1)51-30-13-16-33-56(51)62-58-35-18-15-32-53(58)55-41-45(37-39-60(55)62)44-36-38-59-54(40-44)52-31-14-17-34-57(52)61(59)46-22-19-29-50(42-46)63(47-23-7-2-8-24-47,48-25-9-3-10-26-48)49-27-11-4-12-28-49/h1-42H. The molecule has 10 aromatic carbocycles. The van der Waals surface area contributed by atoms with Crippen LogP contribution in [0.1, 0.15) is 0 Å². The van der Waals surface area contributed by atoms with E-state index in [4.69, 9.17) is 0 Å². The predicted octanol–water partition coefficient (Wildman–Crippen LogP) is 16.6. The molecule has 0 spiro atoms. The van der Waals surface area contributed by atoms with Crippen molar-refractivity contribution in [2.75, 3.05) is 0 Å². The highest BCUT2D eigenvalue weighted by molar-refractivity contribution is 8.34. The SMILES string of the molecule is c1ccc(-c2ccccc2-n2c3ccccc3c3cc(-c4ccc5c(c4)c4ccccc4n5-c4cccc(S(c5ccccc5)(c5ccccc5)c5ccccc5)c4)ccc32)cc1. The van der Waals surface area contributed by atoms with Gasteiger partial charge in [-0.25, -0.2) is 0 Å². The van der Waals surface area contributed by atoms with E-state index in [0.717, 1.165) is 5.69 Å². The van der Waals surface area contributed by atoms with Crippen LogP contribution in [0, 0.1) is 0 Å². The van der Waals surface area contributed by atoms with Crippen LogP contribution in [0.25, 0.3) is 77.2 Å².